The minimum Gasteiger partial charge on any atom is -0.493 e. The first-order valence-corrected chi connectivity index (χ1v) is 8.99. The van der Waals surface area contributed by atoms with Crippen LogP contribution in [0.3, 0.4) is 0 Å². The molecule has 0 spiro atoms. The van der Waals surface area contributed by atoms with Crippen molar-refractivity contribution in [2.24, 2.45) is 0 Å². The highest BCUT2D eigenvalue weighted by molar-refractivity contribution is 5.94. The van der Waals surface area contributed by atoms with Crippen molar-refractivity contribution in [3.63, 3.8) is 0 Å². The van der Waals surface area contributed by atoms with Crippen molar-refractivity contribution in [2.75, 3.05) is 26.6 Å². The zero-order valence-electron chi connectivity index (χ0n) is 16.2. The molecule has 1 aliphatic rings. The topological polar surface area (TPSA) is 74.6 Å². The molecule has 29 heavy (non-hydrogen) atoms. The van der Waals surface area contributed by atoms with Crippen molar-refractivity contribution in [2.45, 2.75) is 12.3 Å². The van der Waals surface area contributed by atoms with Gasteiger partial charge in [-0.2, -0.15) is 5.10 Å². The Morgan fingerprint density at radius 3 is 2.31 bits per heavy atom. The van der Waals surface area contributed by atoms with Crippen LogP contribution >= 0.6 is 0 Å². The number of methoxy groups -OCH3 is 3. The van der Waals surface area contributed by atoms with E-state index in [0.29, 0.717) is 28.8 Å². The summed E-state index contributed by atoms with van der Waals surface area (Å²) in [6.45, 7) is 0. The number of aromatic nitrogens is 2. The van der Waals surface area contributed by atoms with E-state index >= 15 is 0 Å². The third kappa shape index (κ3) is 3.26. The molecule has 1 aromatic heterocycles. The lowest BCUT2D eigenvalue weighted by Gasteiger charge is -2.25. The molecule has 0 bridgehead atoms. The number of nitrogens with one attached hydrogen (secondary N) is 1. The summed E-state index contributed by atoms with van der Waals surface area (Å²) in [7, 11) is 4.64. The van der Waals surface area contributed by atoms with Gasteiger partial charge in [0, 0.05) is 17.9 Å². The number of rotatable bonds is 5. The molecule has 1 unspecified atom stereocenters. The molecule has 0 saturated carbocycles. The third-order valence-corrected chi connectivity index (χ3v) is 4.98. The summed E-state index contributed by atoms with van der Waals surface area (Å²) < 4.78 is 31.2. The van der Waals surface area contributed by atoms with Crippen LogP contribution in [0.15, 0.2) is 42.6 Å². The molecule has 0 fully saturated rings. The van der Waals surface area contributed by atoms with Gasteiger partial charge in [-0.05, 0) is 42.0 Å². The zero-order chi connectivity index (χ0) is 20.5. The third-order valence-electron chi connectivity index (χ3n) is 4.98. The molecule has 0 radical (unpaired) electrons. The molecule has 1 atom stereocenters. The largest absolute Gasteiger partial charge is 0.493 e. The average Bonchev–Trinajstić information content (AvgIpc) is 3.16. The van der Waals surface area contributed by atoms with Gasteiger partial charge in [0.2, 0.25) is 11.7 Å². The van der Waals surface area contributed by atoms with E-state index in [1.807, 2.05) is 12.1 Å². The summed E-state index contributed by atoms with van der Waals surface area (Å²) in [5, 5.41) is 7.30. The second-order valence-corrected chi connectivity index (χ2v) is 6.60. The van der Waals surface area contributed by atoms with Crippen molar-refractivity contribution in [1.82, 2.24) is 9.78 Å². The highest BCUT2D eigenvalue weighted by atomic mass is 19.1. The monoisotopic (exact) mass is 397 g/mol. The molecular formula is C21H20FN3O4. The maximum atomic E-state index is 13.3. The fourth-order valence-electron chi connectivity index (χ4n) is 3.60. The number of nitrogens with zero attached hydrogens (tertiary/aromatic N) is 2. The van der Waals surface area contributed by atoms with Gasteiger partial charge in [0.25, 0.3) is 0 Å². The first kappa shape index (κ1) is 18.8. The van der Waals surface area contributed by atoms with E-state index in [-0.39, 0.29) is 24.1 Å². The number of hydrogen-bond donors (Lipinski definition) is 1. The Labute approximate surface area is 167 Å². The maximum absolute atomic E-state index is 13.3. The van der Waals surface area contributed by atoms with Crippen LogP contribution in [-0.2, 0) is 4.79 Å². The summed E-state index contributed by atoms with van der Waals surface area (Å²) in [6, 6.07) is 9.60. The molecule has 3 aromatic rings. The van der Waals surface area contributed by atoms with E-state index in [2.05, 4.69) is 10.4 Å². The summed E-state index contributed by atoms with van der Waals surface area (Å²) in [6.07, 6.45) is 1.97. The summed E-state index contributed by atoms with van der Waals surface area (Å²) in [4.78, 5) is 12.5. The van der Waals surface area contributed by atoms with Gasteiger partial charge in [-0.25, -0.2) is 9.07 Å². The molecule has 1 amide bonds. The number of halogens is 1. The summed E-state index contributed by atoms with van der Waals surface area (Å²) >= 11 is 0. The number of amides is 1. The van der Waals surface area contributed by atoms with Crippen LogP contribution in [0.25, 0.3) is 5.69 Å². The number of anilines is 1. The van der Waals surface area contributed by atoms with Gasteiger partial charge >= 0.3 is 0 Å². The molecule has 7 nitrogen and oxygen atoms in total. The van der Waals surface area contributed by atoms with Crippen molar-refractivity contribution in [1.29, 1.82) is 0 Å². The highest BCUT2D eigenvalue weighted by Gasteiger charge is 2.31. The van der Waals surface area contributed by atoms with E-state index < -0.39 is 0 Å². The number of hydrogen-bond acceptors (Lipinski definition) is 5. The zero-order valence-corrected chi connectivity index (χ0v) is 16.2. The van der Waals surface area contributed by atoms with Crippen LogP contribution in [-0.4, -0.2) is 37.0 Å². The molecule has 4 rings (SSSR count). The Balaban J connectivity index is 1.82. The lowest BCUT2D eigenvalue weighted by atomic mass is 9.87. The number of carbonyl (C=O) groups is 1. The van der Waals surface area contributed by atoms with Gasteiger partial charge in [-0.3, -0.25) is 4.79 Å². The van der Waals surface area contributed by atoms with E-state index in [9.17, 15) is 9.18 Å². The Hall–Kier alpha value is -3.55. The van der Waals surface area contributed by atoms with Gasteiger partial charge < -0.3 is 19.5 Å². The maximum Gasteiger partial charge on any atom is 0.226 e. The molecule has 0 saturated heterocycles. The summed E-state index contributed by atoms with van der Waals surface area (Å²) in [5.74, 6) is 1.35. The fourth-order valence-corrected chi connectivity index (χ4v) is 3.60. The van der Waals surface area contributed by atoms with Gasteiger partial charge in [0.05, 0.1) is 33.2 Å². The van der Waals surface area contributed by atoms with Crippen LogP contribution in [0.5, 0.6) is 17.2 Å². The minimum absolute atomic E-state index is 0.139. The summed E-state index contributed by atoms with van der Waals surface area (Å²) in [5.41, 5.74) is 2.34. The van der Waals surface area contributed by atoms with Gasteiger partial charge in [-0.1, -0.05) is 0 Å². The van der Waals surface area contributed by atoms with Crippen LogP contribution in [0.4, 0.5) is 10.2 Å². The lowest BCUT2D eigenvalue weighted by Crippen LogP contribution is -2.24. The first-order chi connectivity index (χ1) is 14.0. The molecular weight excluding hydrogens is 377 g/mol. The van der Waals surface area contributed by atoms with Crippen molar-refractivity contribution < 1.29 is 23.4 Å². The number of ether oxygens (including phenoxy) is 3. The predicted molar refractivity (Wildman–Crippen MR) is 105 cm³/mol. The Bertz CT molecular complexity index is 1040. The smallest absolute Gasteiger partial charge is 0.226 e. The standard InChI is InChI=1S/C21H20FN3O4/c1-27-17-8-12(9-18(28-2)20(17)29-3)15-10-19(26)24-21-16(15)11-23-25(21)14-6-4-13(22)5-7-14/h4-9,11,15H,10H2,1-3H3,(H,24,26). The van der Waals surface area contributed by atoms with Gasteiger partial charge in [-0.15, -0.1) is 0 Å². The second kappa shape index (κ2) is 7.46. The lowest BCUT2D eigenvalue weighted by molar-refractivity contribution is -0.116. The van der Waals surface area contributed by atoms with Crippen LogP contribution in [0.2, 0.25) is 0 Å². The van der Waals surface area contributed by atoms with E-state index in [1.165, 1.54) is 12.1 Å². The number of benzene rings is 2. The molecule has 2 aromatic carbocycles. The Morgan fingerprint density at radius 2 is 1.72 bits per heavy atom. The highest BCUT2D eigenvalue weighted by Crippen LogP contribution is 2.44. The van der Waals surface area contributed by atoms with Crippen LogP contribution in [0.1, 0.15) is 23.5 Å². The molecule has 150 valence electrons. The van der Waals surface area contributed by atoms with E-state index in [0.717, 1.165) is 11.1 Å². The molecule has 2 heterocycles. The van der Waals surface area contributed by atoms with Crippen LogP contribution in [0, 0.1) is 5.82 Å². The number of carbonyl (C=O) groups excluding carboxylic acids is 1. The van der Waals surface area contributed by atoms with E-state index in [1.54, 1.807) is 44.3 Å². The predicted octanol–water partition coefficient (Wildman–Crippen LogP) is 3.51. The average molecular weight is 397 g/mol. The Morgan fingerprint density at radius 1 is 1.07 bits per heavy atom. The van der Waals surface area contributed by atoms with E-state index in [4.69, 9.17) is 14.2 Å². The van der Waals surface area contributed by atoms with Crippen LogP contribution < -0.4 is 19.5 Å². The number of fused-ring (bicyclic) bond motifs is 1. The molecule has 8 heteroatoms. The first-order valence-electron chi connectivity index (χ1n) is 8.99. The van der Waals surface area contributed by atoms with Crippen molar-refractivity contribution >= 4 is 11.7 Å². The van der Waals surface area contributed by atoms with Crippen molar-refractivity contribution in [3.8, 4) is 22.9 Å². The van der Waals surface area contributed by atoms with Gasteiger partial charge in [0.1, 0.15) is 11.6 Å². The fraction of sp³-hybridized carbons (Fsp3) is 0.238. The normalized spacial score (nSPS) is 15.4. The van der Waals surface area contributed by atoms with Crippen molar-refractivity contribution in [3.05, 3.63) is 59.5 Å². The minimum atomic E-state index is -0.339. The SMILES string of the molecule is COc1cc(C2CC(=O)Nc3c2cnn3-c2ccc(F)cc2)cc(OC)c1OC. The van der Waals surface area contributed by atoms with Gasteiger partial charge in [0.15, 0.2) is 11.5 Å². The Kier molecular flexibility index (Phi) is 4.84. The molecule has 1 N–H and O–H groups in total. The molecule has 0 aliphatic carbocycles. The second-order valence-electron chi connectivity index (χ2n) is 6.60. The quantitative estimate of drug-likeness (QED) is 0.713. The molecule has 1 aliphatic heterocycles.